The lowest BCUT2D eigenvalue weighted by Gasteiger charge is -2.02. The molecule has 0 saturated heterocycles. The van der Waals surface area contributed by atoms with Gasteiger partial charge in [0.15, 0.2) is 5.65 Å². The van der Waals surface area contributed by atoms with E-state index in [1.165, 1.54) is 4.57 Å². The number of unbranched alkanes of at least 4 members (excludes halogenated alkanes) is 2. The Bertz CT molecular complexity index is 665. The highest BCUT2D eigenvalue weighted by molar-refractivity contribution is 5.69. The van der Waals surface area contributed by atoms with Crippen LogP contribution in [0.1, 0.15) is 45.4 Å². The molecule has 2 aromatic rings. The van der Waals surface area contributed by atoms with Crippen LogP contribution in [0.4, 0.5) is 0 Å². The Labute approximate surface area is 110 Å². The number of nitrogens with one attached hydrogen (secondary N) is 2. The van der Waals surface area contributed by atoms with Gasteiger partial charge >= 0.3 is 5.69 Å². The van der Waals surface area contributed by atoms with E-state index in [0.29, 0.717) is 17.7 Å². The van der Waals surface area contributed by atoms with Gasteiger partial charge in [-0.15, -0.1) is 0 Å². The number of aryl methyl sites for hydroxylation is 2. The Morgan fingerprint density at radius 3 is 2.58 bits per heavy atom. The lowest BCUT2D eigenvalue weighted by Crippen LogP contribution is -2.30. The first-order valence-corrected chi connectivity index (χ1v) is 6.89. The van der Waals surface area contributed by atoms with E-state index in [9.17, 15) is 9.59 Å². The Morgan fingerprint density at radius 1 is 1.11 bits per heavy atom. The Morgan fingerprint density at radius 2 is 1.89 bits per heavy atom. The average molecular weight is 264 g/mol. The standard InChI is InChI=1S/C13H20N4O2/c1-3-5-6-7-9-14-10-11(15-9)17(8-4-2)13(19)16-12(10)18/h3-8H2,1-2H3,(H,14,15)(H,16,18,19). The Balaban J connectivity index is 2.45. The number of aromatic amines is 2. The molecule has 0 aromatic carbocycles. The molecule has 0 aliphatic rings. The van der Waals surface area contributed by atoms with Crippen molar-refractivity contribution in [2.75, 3.05) is 0 Å². The van der Waals surface area contributed by atoms with Crippen molar-refractivity contribution in [2.45, 2.75) is 52.5 Å². The largest absolute Gasteiger partial charge is 0.336 e. The smallest absolute Gasteiger partial charge is 0.330 e. The average Bonchev–Trinajstić information content (AvgIpc) is 2.79. The topological polar surface area (TPSA) is 83.5 Å². The van der Waals surface area contributed by atoms with Gasteiger partial charge in [0.1, 0.15) is 11.3 Å². The second kappa shape index (κ2) is 5.86. The van der Waals surface area contributed by atoms with Crippen LogP contribution in [0.3, 0.4) is 0 Å². The fraction of sp³-hybridized carbons (Fsp3) is 0.615. The summed E-state index contributed by atoms with van der Waals surface area (Å²) in [6, 6.07) is 0. The molecule has 0 aliphatic carbocycles. The van der Waals surface area contributed by atoms with Crippen molar-refractivity contribution in [3.05, 3.63) is 26.7 Å². The van der Waals surface area contributed by atoms with E-state index < -0.39 is 0 Å². The predicted molar refractivity (Wildman–Crippen MR) is 74.5 cm³/mol. The molecule has 0 atom stereocenters. The first-order valence-electron chi connectivity index (χ1n) is 6.89. The van der Waals surface area contributed by atoms with Crippen LogP contribution in [0, 0.1) is 0 Å². The molecule has 2 N–H and O–H groups in total. The van der Waals surface area contributed by atoms with Crippen LogP contribution in [0.25, 0.3) is 11.2 Å². The molecule has 104 valence electrons. The molecule has 0 spiro atoms. The maximum atomic E-state index is 11.8. The molecule has 0 bridgehead atoms. The number of aromatic nitrogens is 4. The molecule has 0 aliphatic heterocycles. The second-order valence-corrected chi connectivity index (χ2v) is 4.75. The van der Waals surface area contributed by atoms with Crippen molar-refractivity contribution in [1.29, 1.82) is 0 Å². The minimum Gasteiger partial charge on any atom is -0.336 e. The van der Waals surface area contributed by atoms with Gasteiger partial charge in [-0.1, -0.05) is 26.7 Å². The van der Waals surface area contributed by atoms with Crippen LogP contribution in [0.5, 0.6) is 0 Å². The second-order valence-electron chi connectivity index (χ2n) is 4.75. The third-order valence-electron chi connectivity index (χ3n) is 3.15. The number of H-pyrrole nitrogens is 2. The molecule has 6 nitrogen and oxygen atoms in total. The van der Waals surface area contributed by atoms with Gasteiger partial charge in [0.05, 0.1) is 0 Å². The van der Waals surface area contributed by atoms with Gasteiger partial charge in [-0.25, -0.2) is 9.78 Å². The van der Waals surface area contributed by atoms with E-state index in [2.05, 4.69) is 21.9 Å². The first kappa shape index (κ1) is 13.6. The normalized spacial score (nSPS) is 11.3. The maximum absolute atomic E-state index is 11.8. The van der Waals surface area contributed by atoms with Crippen molar-refractivity contribution in [2.24, 2.45) is 0 Å². The lowest BCUT2D eigenvalue weighted by molar-refractivity contribution is 0.651. The first-order chi connectivity index (χ1) is 9.17. The molecule has 0 saturated carbocycles. The zero-order chi connectivity index (χ0) is 13.8. The molecular formula is C13H20N4O2. The minimum absolute atomic E-state index is 0.383. The molecule has 0 unspecified atom stereocenters. The molecule has 0 radical (unpaired) electrons. The van der Waals surface area contributed by atoms with Gasteiger partial charge in [0.2, 0.25) is 0 Å². The summed E-state index contributed by atoms with van der Waals surface area (Å²) in [7, 11) is 0. The summed E-state index contributed by atoms with van der Waals surface area (Å²) < 4.78 is 1.52. The summed E-state index contributed by atoms with van der Waals surface area (Å²) >= 11 is 0. The number of nitrogens with zero attached hydrogens (tertiary/aromatic N) is 2. The summed E-state index contributed by atoms with van der Waals surface area (Å²) in [6.45, 7) is 4.69. The fourth-order valence-electron chi connectivity index (χ4n) is 2.18. The van der Waals surface area contributed by atoms with Gasteiger partial charge in [-0.3, -0.25) is 14.3 Å². The molecule has 2 aromatic heterocycles. The Kier molecular flexibility index (Phi) is 4.19. The predicted octanol–water partition coefficient (Wildman–Crippen LogP) is 1.56. The van der Waals surface area contributed by atoms with Gasteiger partial charge in [0, 0.05) is 13.0 Å². The van der Waals surface area contributed by atoms with E-state index >= 15 is 0 Å². The monoisotopic (exact) mass is 264 g/mol. The number of fused-ring (bicyclic) bond motifs is 1. The summed E-state index contributed by atoms with van der Waals surface area (Å²) in [5, 5.41) is 0. The maximum Gasteiger partial charge on any atom is 0.330 e. The minimum atomic E-state index is -0.387. The molecule has 19 heavy (non-hydrogen) atoms. The molecule has 0 amide bonds. The highest BCUT2D eigenvalue weighted by Gasteiger charge is 2.12. The summed E-state index contributed by atoms with van der Waals surface area (Å²) in [5.74, 6) is 0.782. The fourth-order valence-corrected chi connectivity index (χ4v) is 2.18. The van der Waals surface area contributed by atoms with Crippen molar-refractivity contribution in [1.82, 2.24) is 19.5 Å². The molecule has 2 heterocycles. The van der Waals surface area contributed by atoms with E-state index in [4.69, 9.17) is 0 Å². The van der Waals surface area contributed by atoms with Crippen LogP contribution in [-0.4, -0.2) is 19.5 Å². The summed E-state index contributed by atoms with van der Waals surface area (Å²) in [4.78, 5) is 33.3. The van der Waals surface area contributed by atoms with Crippen molar-refractivity contribution in [3.63, 3.8) is 0 Å². The van der Waals surface area contributed by atoms with Crippen molar-refractivity contribution in [3.8, 4) is 0 Å². The number of hydrogen-bond acceptors (Lipinski definition) is 3. The van der Waals surface area contributed by atoms with Crippen molar-refractivity contribution < 1.29 is 0 Å². The van der Waals surface area contributed by atoms with E-state index in [0.717, 1.165) is 37.9 Å². The van der Waals surface area contributed by atoms with Gasteiger partial charge < -0.3 is 4.98 Å². The zero-order valence-corrected chi connectivity index (χ0v) is 11.5. The number of imidazole rings is 1. The van der Waals surface area contributed by atoms with Gasteiger partial charge in [-0.05, 0) is 12.8 Å². The zero-order valence-electron chi connectivity index (χ0n) is 11.5. The highest BCUT2D eigenvalue weighted by Crippen LogP contribution is 2.08. The van der Waals surface area contributed by atoms with Gasteiger partial charge in [0.25, 0.3) is 5.56 Å². The van der Waals surface area contributed by atoms with Crippen molar-refractivity contribution >= 4 is 11.2 Å². The molecular weight excluding hydrogens is 244 g/mol. The van der Waals surface area contributed by atoms with E-state index in [1.807, 2.05) is 6.92 Å². The SMILES string of the molecule is CCCCCc1nc2c([nH]1)c(=O)[nH]c(=O)n2CCC. The molecule has 0 fully saturated rings. The van der Waals surface area contributed by atoms with Crippen LogP contribution >= 0.6 is 0 Å². The van der Waals surface area contributed by atoms with E-state index in [-0.39, 0.29) is 11.2 Å². The third kappa shape index (κ3) is 2.77. The van der Waals surface area contributed by atoms with Crippen LogP contribution < -0.4 is 11.2 Å². The molecule has 2 rings (SSSR count). The van der Waals surface area contributed by atoms with E-state index in [1.54, 1.807) is 0 Å². The Hall–Kier alpha value is -1.85. The third-order valence-corrected chi connectivity index (χ3v) is 3.15. The van der Waals surface area contributed by atoms with Crippen LogP contribution in [0.15, 0.2) is 9.59 Å². The molecule has 6 heteroatoms. The van der Waals surface area contributed by atoms with Crippen LogP contribution in [-0.2, 0) is 13.0 Å². The summed E-state index contributed by atoms with van der Waals surface area (Å²) in [6.07, 6.45) is 4.93. The van der Waals surface area contributed by atoms with Gasteiger partial charge in [-0.2, -0.15) is 0 Å². The van der Waals surface area contributed by atoms with Crippen LogP contribution in [0.2, 0.25) is 0 Å². The number of rotatable bonds is 6. The quantitative estimate of drug-likeness (QED) is 0.776. The summed E-state index contributed by atoms with van der Waals surface area (Å²) in [5.41, 5.74) is 0.106. The highest BCUT2D eigenvalue weighted by atomic mass is 16.2. The number of hydrogen-bond donors (Lipinski definition) is 2. The lowest BCUT2D eigenvalue weighted by atomic mass is 10.2.